The van der Waals surface area contributed by atoms with Gasteiger partial charge in [-0.2, -0.15) is 0 Å². The first-order chi connectivity index (χ1) is 13.6. The first kappa shape index (κ1) is 18.3. The number of carbonyl (C=O) groups excluding carboxylic acids is 1. The van der Waals surface area contributed by atoms with Gasteiger partial charge in [0.15, 0.2) is 11.5 Å². The van der Waals surface area contributed by atoms with Gasteiger partial charge in [0, 0.05) is 19.2 Å². The molecule has 2 aromatic rings. The summed E-state index contributed by atoms with van der Waals surface area (Å²) in [6.45, 7) is 4.64. The Morgan fingerprint density at radius 3 is 2.75 bits per heavy atom. The van der Waals surface area contributed by atoms with Gasteiger partial charge in [-0.3, -0.25) is 14.6 Å². The summed E-state index contributed by atoms with van der Waals surface area (Å²) in [5.74, 6) is 1.80. The average molecular weight is 384 g/mol. The lowest BCUT2D eigenvalue weighted by atomic mass is 10.1. The van der Waals surface area contributed by atoms with Crippen LogP contribution in [-0.2, 0) is 11.2 Å². The molecule has 0 aliphatic carbocycles. The van der Waals surface area contributed by atoms with Gasteiger partial charge in [0.25, 0.3) is 5.56 Å². The number of fused-ring (bicyclic) bond motifs is 1. The Morgan fingerprint density at radius 1 is 1.21 bits per heavy atom. The summed E-state index contributed by atoms with van der Waals surface area (Å²) in [5.41, 5.74) is 1.19. The molecule has 2 N–H and O–H groups in total. The van der Waals surface area contributed by atoms with E-state index in [1.165, 1.54) is 6.07 Å². The van der Waals surface area contributed by atoms with E-state index in [2.05, 4.69) is 20.2 Å². The van der Waals surface area contributed by atoms with Crippen LogP contribution in [0.5, 0.6) is 11.5 Å². The minimum absolute atomic E-state index is 0.144. The number of rotatable bonds is 5. The van der Waals surface area contributed by atoms with Crippen LogP contribution >= 0.6 is 0 Å². The molecule has 8 heteroatoms. The van der Waals surface area contributed by atoms with Crippen LogP contribution in [0.1, 0.15) is 37.1 Å². The summed E-state index contributed by atoms with van der Waals surface area (Å²) >= 11 is 0. The van der Waals surface area contributed by atoms with Crippen LogP contribution in [0, 0.1) is 0 Å². The minimum Gasteiger partial charge on any atom is -0.486 e. The number of anilines is 1. The molecule has 0 radical (unpaired) electrons. The normalized spacial score (nSPS) is 16.7. The minimum atomic E-state index is -0.367. The largest absolute Gasteiger partial charge is 0.486 e. The molecule has 1 fully saturated rings. The molecular formula is C20H24N4O4. The third-order valence-electron chi connectivity index (χ3n) is 4.95. The maximum Gasteiger partial charge on any atom is 0.252 e. The first-order valence-electron chi connectivity index (χ1n) is 9.62. The van der Waals surface area contributed by atoms with E-state index in [9.17, 15) is 9.59 Å². The number of nitrogens with one attached hydrogen (secondary N) is 2. The second-order valence-corrected chi connectivity index (χ2v) is 7.13. The van der Waals surface area contributed by atoms with Crippen molar-refractivity contribution in [2.75, 3.05) is 31.2 Å². The first-order valence-corrected chi connectivity index (χ1v) is 9.62. The number of H-pyrrole nitrogens is 1. The summed E-state index contributed by atoms with van der Waals surface area (Å²) in [6.07, 6.45) is 2.40. The van der Waals surface area contributed by atoms with Crippen LogP contribution in [0.4, 0.5) is 5.95 Å². The van der Waals surface area contributed by atoms with Crippen molar-refractivity contribution in [1.82, 2.24) is 15.3 Å². The lowest BCUT2D eigenvalue weighted by Gasteiger charge is -2.20. The zero-order chi connectivity index (χ0) is 19.5. The van der Waals surface area contributed by atoms with Gasteiger partial charge < -0.3 is 19.7 Å². The molecular weight excluding hydrogens is 360 g/mol. The highest BCUT2D eigenvalue weighted by atomic mass is 16.6. The summed E-state index contributed by atoms with van der Waals surface area (Å²) in [4.78, 5) is 33.9. The smallest absolute Gasteiger partial charge is 0.252 e. The van der Waals surface area contributed by atoms with Crippen LogP contribution in [0.15, 0.2) is 29.1 Å². The third kappa shape index (κ3) is 4.11. The fourth-order valence-electron chi connectivity index (χ4n) is 3.51. The molecule has 2 aliphatic rings. The molecule has 2 aliphatic heterocycles. The highest BCUT2D eigenvalue weighted by Gasteiger charge is 2.19. The standard InChI is InChI=1S/C20H24N4O4/c1-13(15-12-19(26)23-20(22-15)24-6-2-3-7-24)21-18(25)11-14-4-5-16-17(10-14)28-9-8-27-16/h4-5,10,12-13H,2-3,6-9,11H2,1H3,(H,21,25)(H,22,23,26)/t13-/m1/s1. The molecule has 1 aromatic carbocycles. The van der Waals surface area contributed by atoms with Crippen molar-refractivity contribution in [3.05, 3.63) is 45.9 Å². The summed E-state index contributed by atoms with van der Waals surface area (Å²) in [6, 6.07) is 6.58. The number of amides is 1. The van der Waals surface area contributed by atoms with Crippen LogP contribution in [-0.4, -0.2) is 42.2 Å². The van der Waals surface area contributed by atoms with Gasteiger partial charge in [-0.05, 0) is 37.5 Å². The summed E-state index contributed by atoms with van der Waals surface area (Å²) < 4.78 is 11.1. The molecule has 1 amide bonds. The monoisotopic (exact) mass is 384 g/mol. The van der Waals surface area contributed by atoms with Gasteiger partial charge in [0.2, 0.25) is 11.9 Å². The number of hydrogen-bond acceptors (Lipinski definition) is 6. The predicted octanol–water partition coefficient (Wildman–Crippen LogP) is 1.56. The van der Waals surface area contributed by atoms with E-state index in [1.54, 1.807) is 0 Å². The molecule has 8 nitrogen and oxygen atoms in total. The summed E-state index contributed by atoms with van der Waals surface area (Å²) in [7, 11) is 0. The molecule has 3 heterocycles. The van der Waals surface area contributed by atoms with E-state index < -0.39 is 0 Å². The maximum atomic E-state index is 12.5. The van der Waals surface area contributed by atoms with Crippen molar-refractivity contribution in [1.29, 1.82) is 0 Å². The van der Waals surface area contributed by atoms with Gasteiger partial charge in [0.1, 0.15) is 13.2 Å². The Labute approximate surface area is 162 Å². The zero-order valence-corrected chi connectivity index (χ0v) is 15.9. The van der Waals surface area contributed by atoms with Gasteiger partial charge in [-0.15, -0.1) is 0 Å². The fourth-order valence-corrected chi connectivity index (χ4v) is 3.51. The number of carbonyl (C=O) groups is 1. The number of benzene rings is 1. The quantitative estimate of drug-likeness (QED) is 0.812. The highest BCUT2D eigenvalue weighted by Crippen LogP contribution is 2.30. The van der Waals surface area contributed by atoms with Gasteiger partial charge in [-0.1, -0.05) is 6.07 Å². The van der Waals surface area contributed by atoms with E-state index in [1.807, 2.05) is 25.1 Å². The number of ether oxygens (including phenoxy) is 2. The van der Waals surface area contributed by atoms with Crippen molar-refractivity contribution < 1.29 is 14.3 Å². The lowest BCUT2D eigenvalue weighted by Crippen LogP contribution is -2.31. The molecule has 1 aromatic heterocycles. The molecule has 148 valence electrons. The van der Waals surface area contributed by atoms with Crippen LogP contribution in [0.25, 0.3) is 0 Å². The topological polar surface area (TPSA) is 96.5 Å². The zero-order valence-electron chi connectivity index (χ0n) is 15.9. The Hall–Kier alpha value is -3.03. The third-order valence-corrected chi connectivity index (χ3v) is 4.95. The molecule has 0 bridgehead atoms. The van der Waals surface area contributed by atoms with Crippen molar-refractivity contribution in [3.8, 4) is 11.5 Å². The van der Waals surface area contributed by atoms with Crippen molar-refractivity contribution >= 4 is 11.9 Å². The maximum absolute atomic E-state index is 12.5. The summed E-state index contributed by atoms with van der Waals surface area (Å²) in [5, 5.41) is 2.92. The van der Waals surface area contributed by atoms with Crippen molar-refractivity contribution in [3.63, 3.8) is 0 Å². The van der Waals surface area contributed by atoms with E-state index in [-0.39, 0.29) is 23.9 Å². The Morgan fingerprint density at radius 2 is 1.96 bits per heavy atom. The van der Waals surface area contributed by atoms with Crippen LogP contribution in [0.2, 0.25) is 0 Å². The van der Waals surface area contributed by atoms with Gasteiger partial charge in [-0.25, -0.2) is 4.98 Å². The van der Waals surface area contributed by atoms with Gasteiger partial charge in [0.05, 0.1) is 18.2 Å². The van der Waals surface area contributed by atoms with Gasteiger partial charge >= 0.3 is 0 Å². The molecule has 0 spiro atoms. The van der Waals surface area contributed by atoms with Crippen LogP contribution in [0.3, 0.4) is 0 Å². The fraction of sp³-hybridized carbons (Fsp3) is 0.450. The Kier molecular flexibility index (Phi) is 5.18. The SMILES string of the molecule is C[C@@H](NC(=O)Cc1ccc2c(c1)OCCO2)c1cc(=O)[nH]c(N2CCCC2)n1. The van der Waals surface area contributed by atoms with Crippen molar-refractivity contribution in [2.45, 2.75) is 32.2 Å². The molecule has 28 heavy (non-hydrogen) atoms. The van der Waals surface area contributed by atoms with E-state index in [4.69, 9.17) is 9.47 Å². The molecule has 1 saturated heterocycles. The van der Waals surface area contributed by atoms with E-state index in [0.717, 1.165) is 31.5 Å². The molecule has 4 rings (SSSR count). The molecule has 0 saturated carbocycles. The van der Waals surface area contributed by atoms with Crippen LogP contribution < -0.4 is 25.2 Å². The predicted molar refractivity (Wildman–Crippen MR) is 104 cm³/mol. The molecule has 0 unspecified atom stereocenters. The molecule has 1 atom stereocenters. The number of aromatic nitrogens is 2. The lowest BCUT2D eigenvalue weighted by molar-refractivity contribution is -0.121. The Bertz CT molecular complexity index is 921. The average Bonchev–Trinajstić information content (AvgIpc) is 3.22. The number of aromatic amines is 1. The van der Waals surface area contributed by atoms with E-state index in [0.29, 0.717) is 36.4 Å². The second-order valence-electron chi connectivity index (χ2n) is 7.13. The van der Waals surface area contributed by atoms with Crippen molar-refractivity contribution in [2.24, 2.45) is 0 Å². The highest BCUT2D eigenvalue weighted by molar-refractivity contribution is 5.79. The Balaban J connectivity index is 1.42. The van der Waals surface area contributed by atoms with E-state index >= 15 is 0 Å². The number of hydrogen-bond donors (Lipinski definition) is 2. The second kappa shape index (κ2) is 7.92. The number of nitrogens with zero attached hydrogens (tertiary/aromatic N) is 2.